The average Bonchev–Trinajstić information content (AvgIpc) is 3.42. The van der Waals surface area contributed by atoms with E-state index in [2.05, 4.69) is 59.7 Å². The molecule has 3 N–H and O–H groups in total. The molecule has 3 atom stereocenters. The van der Waals surface area contributed by atoms with E-state index >= 15 is 0 Å². The molecule has 9 nitrogen and oxygen atoms in total. The van der Waals surface area contributed by atoms with E-state index in [-0.39, 0.29) is 23.7 Å². The van der Waals surface area contributed by atoms with Gasteiger partial charge in [0, 0.05) is 44.3 Å². The van der Waals surface area contributed by atoms with Gasteiger partial charge >= 0.3 is 6.09 Å². The summed E-state index contributed by atoms with van der Waals surface area (Å²) < 4.78 is 5.55. The summed E-state index contributed by atoms with van der Waals surface area (Å²) in [5, 5.41) is 11.6. The Labute approximate surface area is 224 Å². The summed E-state index contributed by atoms with van der Waals surface area (Å²) in [6.07, 6.45) is 5.17. The third-order valence-corrected chi connectivity index (χ3v) is 7.58. The first kappa shape index (κ1) is 27.3. The van der Waals surface area contributed by atoms with E-state index in [1.165, 1.54) is 16.9 Å². The number of aromatic nitrogens is 2. The number of hydrogen-bond acceptors (Lipinski definition) is 9. The van der Waals surface area contributed by atoms with Crippen LogP contribution in [0.2, 0.25) is 0 Å². The number of nitrogens with zero attached hydrogens (tertiary/aromatic N) is 4. The standard InChI is InChI=1S/C27H41N7O2S/c1-17(26(2,3)4)29-15-18-13-21(30-19-10-12-34(16-19)25(35)36-27(5,6)7)32-22(14-18)33-24-31-20-9-8-11-28-23(20)37-24/h8-9,11,13,17,19,22,29H,10,12,14-16H2,1-7H3,(H,30,32)(H,31,33). The van der Waals surface area contributed by atoms with Crippen molar-refractivity contribution in [3.05, 3.63) is 30.0 Å². The Morgan fingerprint density at radius 2 is 2.03 bits per heavy atom. The molecule has 0 bridgehead atoms. The lowest BCUT2D eigenvalue weighted by atomic mass is 9.88. The van der Waals surface area contributed by atoms with Gasteiger partial charge in [0.15, 0.2) is 5.13 Å². The Morgan fingerprint density at radius 3 is 2.73 bits per heavy atom. The fourth-order valence-corrected chi connectivity index (χ4v) is 5.03. The molecule has 2 aliphatic heterocycles. The second kappa shape index (κ2) is 10.9. The van der Waals surface area contributed by atoms with Crippen LogP contribution in [0, 0.1) is 5.41 Å². The second-order valence-electron chi connectivity index (χ2n) is 12.1. The number of dihydropyridines is 1. The molecular weight excluding hydrogens is 486 g/mol. The zero-order chi connectivity index (χ0) is 26.8. The van der Waals surface area contributed by atoms with Crippen molar-refractivity contribution in [1.82, 2.24) is 25.5 Å². The topological polar surface area (TPSA) is 104 Å². The molecule has 2 aliphatic rings. The van der Waals surface area contributed by atoms with E-state index in [0.29, 0.717) is 19.1 Å². The van der Waals surface area contributed by atoms with Crippen LogP contribution in [0.5, 0.6) is 0 Å². The highest BCUT2D eigenvalue weighted by atomic mass is 32.1. The molecule has 1 amide bonds. The Morgan fingerprint density at radius 1 is 1.24 bits per heavy atom. The van der Waals surface area contributed by atoms with Crippen molar-refractivity contribution in [3.63, 3.8) is 0 Å². The van der Waals surface area contributed by atoms with Crippen molar-refractivity contribution < 1.29 is 9.53 Å². The molecular formula is C27H41N7O2S. The van der Waals surface area contributed by atoms with Crippen LogP contribution in [0.4, 0.5) is 9.93 Å². The lowest BCUT2D eigenvalue weighted by molar-refractivity contribution is 0.0292. The molecule has 0 radical (unpaired) electrons. The molecule has 0 aromatic carbocycles. The number of aliphatic imine (C=N–C) groups is 1. The zero-order valence-corrected chi connectivity index (χ0v) is 23.9. The number of amidine groups is 1. The lowest BCUT2D eigenvalue weighted by Gasteiger charge is -2.30. The van der Waals surface area contributed by atoms with Gasteiger partial charge in [0.05, 0.1) is 0 Å². The summed E-state index contributed by atoms with van der Waals surface area (Å²) >= 11 is 1.54. The number of nitrogens with one attached hydrogen (secondary N) is 3. The number of ether oxygens (including phenoxy) is 1. The molecule has 10 heteroatoms. The molecule has 0 saturated carbocycles. The summed E-state index contributed by atoms with van der Waals surface area (Å²) in [6, 6.07) is 4.36. The van der Waals surface area contributed by atoms with Crippen molar-refractivity contribution in [2.75, 3.05) is 25.0 Å². The highest BCUT2D eigenvalue weighted by Crippen LogP contribution is 2.27. The summed E-state index contributed by atoms with van der Waals surface area (Å²) in [6.45, 7) is 16.7. The minimum Gasteiger partial charge on any atom is -0.444 e. The fourth-order valence-electron chi connectivity index (χ4n) is 4.18. The van der Waals surface area contributed by atoms with E-state index in [4.69, 9.17) is 9.73 Å². The smallest absolute Gasteiger partial charge is 0.410 e. The number of amides is 1. The van der Waals surface area contributed by atoms with Crippen LogP contribution >= 0.6 is 11.3 Å². The maximum absolute atomic E-state index is 12.5. The first-order chi connectivity index (χ1) is 17.4. The number of anilines is 1. The predicted molar refractivity (Wildman–Crippen MR) is 151 cm³/mol. The van der Waals surface area contributed by atoms with Gasteiger partial charge < -0.3 is 25.6 Å². The monoisotopic (exact) mass is 527 g/mol. The van der Waals surface area contributed by atoms with Gasteiger partial charge in [-0.15, -0.1) is 0 Å². The number of likely N-dealkylation sites (tertiary alicyclic amines) is 1. The average molecular weight is 528 g/mol. The third-order valence-electron chi connectivity index (χ3n) is 6.67. The Hall–Kier alpha value is -2.72. The molecule has 37 heavy (non-hydrogen) atoms. The molecule has 3 unspecified atom stereocenters. The highest BCUT2D eigenvalue weighted by Gasteiger charge is 2.31. The summed E-state index contributed by atoms with van der Waals surface area (Å²) in [5.41, 5.74) is 1.83. The van der Waals surface area contributed by atoms with Crippen LogP contribution < -0.4 is 16.0 Å². The summed E-state index contributed by atoms with van der Waals surface area (Å²) in [7, 11) is 0. The molecule has 4 rings (SSSR count). The Balaban J connectivity index is 1.45. The van der Waals surface area contributed by atoms with Crippen molar-refractivity contribution in [2.45, 2.75) is 85.2 Å². The Kier molecular flexibility index (Phi) is 8.08. The van der Waals surface area contributed by atoms with E-state index in [1.807, 2.05) is 32.9 Å². The van der Waals surface area contributed by atoms with Crippen LogP contribution in [0.1, 0.15) is 61.3 Å². The minimum atomic E-state index is -0.500. The number of pyridine rings is 1. The number of thiazole rings is 1. The van der Waals surface area contributed by atoms with E-state index < -0.39 is 5.60 Å². The van der Waals surface area contributed by atoms with E-state index in [1.54, 1.807) is 11.1 Å². The quantitative estimate of drug-likeness (QED) is 0.497. The fraction of sp³-hybridized carbons (Fsp3) is 0.630. The lowest BCUT2D eigenvalue weighted by Crippen LogP contribution is -2.42. The van der Waals surface area contributed by atoms with Gasteiger partial charge in [0.2, 0.25) is 0 Å². The van der Waals surface area contributed by atoms with Crippen LogP contribution in [-0.2, 0) is 4.74 Å². The molecule has 0 aliphatic carbocycles. The maximum atomic E-state index is 12.5. The van der Waals surface area contributed by atoms with Crippen LogP contribution in [0.25, 0.3) is 10.3 Å². The van der Waals surface area contributed by atoms with Gasteiger partial charge in [-0.1, -0.05) is 32.1 Å². The van der Waals surface area contributed by atoms with Gasteiger partial charge in [0.1, 0.15) is 27.9 Å². The van der Waals surface area contributed by atoms with Gasteiger partial charge in [-0.3, -0.25) is 0 Å². The third kappa shape index (κ3) is 7.64. The highest BCUT2D eigenvalue weighted by molar-refractivity contribution is 7.21. The number of fused-ring (bicyclic) bond motifs is 1. The normalized spacial score (nSPS) is 21.4. The van der Waals surface area contributed by atoms with Gasteiger partial charge in [-0.25, -0.2) is 19.8 Å². The second-order valence-corrected chi connectivity index (χ2v) is 13.0. The van der Waals surface area contributed by atoms with Crippen LogP contribution in [0.15, 0.2) is 35.0 Å². The number of rotatable bonds is 6. The summed E-state index contributed by atoms with van der Waals surface area (Å²) in [4.78, 5) is 29.3. The Bertz CT molecular complexity index is 1130. The molecule has 2 aromatic heterocycles. The summed E-state index contributed by atoms with van der Waals surface area (Å²) in [5.74, 6) is 0.833. The molecule has 1 fully saturated rings. The number of carbonyl (C=O) groups excluding carboxylic acids is 1. The number of carbonyl (C=O) groups is 1. The maximum Gasteiger partial charge on any atom is 0.410 e. The first-order valence-electron chi connectivity index (χ1n) is 13.1. The molecule has 4 heterocycles. The van der Waals surface area contributed by atoms with Crippen molar-refractivity contribution in [2.24, 2.45) is 10.4 Å². The minimum absolute atomic E-state index is 0.121. The van der Waals surface area contributed by atoms with Gasteiger partial charge in [-0.2, -0.15) is 0 Å². The van der Waals surface area contributed by atoms with Crippen molar-refractivity contribution in [1.29, 1.82) is 0 Å². The predicted octanol–water partition coefficient (Wildman–Crippen LogP) is 4.78. The zero-order valence-electron chi connectivity index (χ0n) is 23.1. The van der Waals surface area contributed by atoms with E-state index in [9.17, 15) is 4.79 Å². The van der Waals surface area contributed by atoms with Gasteiger partial charge in [0.25, 0.3) is 0 Å². The molecule has 0 spiro atoms. The largest absolute Gasteiger partial charge is 0.444 e. The molecule has 202 valence electrons. The van der Waals surface area contributed by atoms with Crippen LogP contribution in [-0.4, -0.2) is 70.3 Å². The number of hydrogen-bond donors (Lipinski definition) is 3. The van der Waals surface area contributed by atoms with E-state index in [0.717, 1.165) is 40.7 Å². The first-order valence-corrected chi connectivity index (χ1v) is 13.9. The molecule has 2 aromatic rings. The molecule has 1 saturated heterocycles. The van der Waals surface area contributed by atoms with Crippen molar-refractivity contribution in [3.8, 4) is 0 Å². The van der Waals surface area contributed by atoms with Crippen LogP contribution in [0.3, 0.4) is 0 Å². The SMILES string of the molecule is CC(NCC1=CC(NC2CCN(C(=O)OC(C)(C)C)C2)=NC(Nc2nc3cccnc3s2)C1)C(C)(C)C. The van der Waals surface area contributed by atoms with Crippen molar-refractivity contribution >= 4 is 38.7 Å². The van der Waals surface area contributed by atoms with Gasteiger partial charge in [-0.05, 0) is 63.3 Å².